The molecule has 0 spiro atoms. The number of aromatic nitrogens is 2. The highest BCUT2D eigenvalue weighted by Gasteiger charge is 2.15. The van der Waals surface area contributed by atoms with E-state index in [0.717, 1.165) is 47.3 Å². The lowest BCUT2D eigenvalue weighted by Gasteiger charge is -2.26. The van der Waals surface area contributed by atoms with Crippen LogP contribution < -0.4 is 15.0 Å². The Kier molecular flexibility index (Phi) is 6.08. The number of carbonyl (C=O) groups is 1. The monoisotopic (exact) mass is 418 g/mol. The average molecular weight is 419 g/mol. The minimum absolute atomic E-state index is 0.101. The number of aryl methyl sites for hydroxylation is 2. The van der Waals surface area contributed by atoms with Crippen LogP contribution in [0.1, 0.15) is 30.5 Å². The van der Waals surface area contributed by atoms with Gasteiger partial charge in [-0.3, -0.25) is 4.79 Å². The van der Waals surface area contributed by atoms with E-state index in [4.69, 9.17) is 4.74 Å². The Labute approximate surface area is 162 Å². The Hall–Kier alpha value is -2.15. The van der Waals surface area contributed by atoms with E-state index in [1.54, 1.807) is 6.07 Å². The van der Waals surface area contributed by atoms with Crippen molar-refractivity contribution in [1.29, 1.82) is 0 Å². The topological polar surface area (TPSA) is 67.3 Å². The summed E-state index contributed by atoms with van der Waals surface area (Å²) in [4.78, 5) is 23.3. The van der Waals surface area contributed by atoms with Gasteiger partial charge in [0.05, 0.1) is 5.69 Å². The van der Waals surface area contributed by atoms with Crippen LogP contribution in [0.2, 0.25) is 0 Å². The Morgan fingerprint density at radius 3 is 2.69 bits per heavy atom. The van der Waals surface area contributed by atoms with E-state index in [1.165, 1.54) is 6.42 Å². The fourth-order valence-electron chi connectivity index (χ4n) is 2.88. The third kappa shape index (κ3) is 4.94. The van der Waals surface area contributed by atoms with E-state index >= 15 is 0 Å². The fraction of sp³-hybridized carbons (Fsp3) is 0.421. The molecule has 2 heterocycles. The van der Waals surface area contributed by atoms with Crippen molar-refractivity contribution in [2.75, 3.05) is 29.9 Å². The molecule has 1 N–H and O–H groups in total. The molecule has 138 valence electrons. The molecule has 1 fully saturated rings. The first-order valence-electron chi connectivity index (χ1n) is 8.81. The number of piperidine rings is 1. The van der Waals surface area contributed by atoms with Crippen LogP contribution in [0.15, 0.2) is 28.7 Å². The van der Waals surface area contributed by atoms with Crippen molar-refractivity contribution in [3.8, 4) is 5.88 Å². The molecule has 1 aliphatic rings. The maximum Gasteiger partial charge on any atom is 0.262 e. The van der Waals surface area contributed by atoms with Gasteiger partial charge in [0.2, 0.25) is 11.8 Å². The predicted molar refractivity (Wildman–Crippen MR) is 106 cm³/mol. The van der Waals surface area contributed by atoms with Crippen molar-refractivity contribution in [2.45, 2.75) is 33.1 Å². The van der Waals surface area contributed by atoms with E-state index in [1.807, 2.05) is 32.0 Å². The molecule has 0 radical (unpaired) electrons. The average Bonchev–Trinajstić information content (AvgIpc) is 2.63. The van der Waals surface area contributed by atoms with Crippen LogP contribution in [-0.2, 0) is 4.79 Å². The number of anilines is 2. The maximum atomic E-state index is 12.2. The second-order valence-electron chi connectivity index (χ2n) is 6.52. The van der Waals surface area contributed by atoms with Crippen molar-refractivity contribution in [3.63, 3.8) is 0 Å². The third-order valence-corrected chi connectivity index (χ3v) is 4.86. The largest absolute Gasteiger partial charge is 0.467 e. The van der Waals surface area contributed by atoms with Gasteiger partial charge in [-0.2, -0.15) is 4.98 Å². The van der Waals surface area contributed by atoms with Gasteiger partial charge in [-0.1, -0.05) is 6.07 Å². The number of nitrogens with zero attached hydrogens (tertiary/aromatic N) is 3. The lowest BCUT2D eigenvalue weighted by atomic mass is 10.1. The summed E-state index contributed by atoms with van der Waals surface area (Å²) >= 11 is 3.45. The highest BCUT2D eigenvalue weighted by molar-refractivity contribution is 9.10. The number of amides is 1. The molecule has 3 rings (SSSR count). The van der Waals surface area contributed by atoms with Gasteiger partial charge in [0, 0.05) is 29.3 Å². The highest BCUT2D eigenvalue weighted by Crippen LogP contribution is 2.23. The molecule has 1 amide bonds. The first-order chi connectivity index (χ1) is 12.5. The van der Waals surface area contributed by atoms with Crippen LogP contribution in [0.3, 0.4) is 0 Å². The number of hydrogen-bond acceptors (Lipinski definition) is 5. The van der Waals surface area contributed by atoms with Crippen molar-refractivity contribution >= 4 is 33.5 Å². The smallest absolute Gasteiger partial charge is 0.262 e. The van der Waals surface area contributed by atoms with E-state index in [2.05, 4.69) is 36.1 Å². The minimum atomic E-state index is -0.231. The Morgan fingerprint density at radius 2 is 1.96 bits per heavy atom. The second-order valence-corrected chi connectivity index (χ2v) is 7.37. The van der Waals surface area contributed by atoms with Gasteiger partial charge in [0.1, 0.15) is 0 Å². The van der Waals surface area contributed by atoms with Crippen molar-refractivity contribution in [1.82, 2.24) is 9.97 Å². The third-order valence-electron chi connectivity index (χ3n) is 4.21. The van der Waals surface area contributed by atoms with Gasteiger partial charge in [-0.15, -0.1) is 0 Å². The number of benzene rings is 1. The van der Waals surface area contributed by atoms with Crippen LogP contribution >= 0.6 is 15.9 Å². The quantitative estimate of drug-likeness (QED) is 0.797. The number of hydrogen-bond donors (Lipinski definition) is 1. The molecule has 1 aromatic carbocycles. The number of halogens is 1. The van der Waals surface area contributed by atoms with Gasteiger partial charge >= 0.3 is 0 Å². The summed E-state index contributed by atoms with van der Waals surface area (Å²) in [5.41, 5.74) is 2.67. The lowest BCUT2D eigenvalue weighted by Crippen LogP contribution is -2.31. The van der Waals surface area contributed by atoms with Gasteiger partial charge in [-0.05, 0) is 66.7 Å². The summed E-state index contributed by atoms with van der Waals surface area (Å²) in [6.07, 6.45) is 3.56. The summed E-state index contributed by atoms with van der Waals surface area (Å²) in [5.74, 6) is 0.878. The van der Waals surface area contributed by atoms with Crippen LogP contribution in [-0.4, -0.2) is 35.6 Å². The van der Waals surface area contributed by atoms with Crippen molar-refractivity contribution in [2.24, 2.45) is 0 Å². The number of nitrogens with one attached hydrogen (secondary N) is 1. The second kappa shape index (κ2) is 8.49. The Morgan fingerprint density at radius 1 is 1.19 bits per heavy atom. The summed E-state index contributed by atoms with van der Waals surface area (Å²) in [5, 5.41) is 2.84. The van der Waals surface area contributed by atoms with E-state index in [0.29, 0.717) is 11.8 Å². The van der Waals surface area contributed by atoms with Gasteiger partial charge in [0.15, 0.2) is 6.61 Å². The SMILES string of the molecule is Cc1ccc(NC(=O)COc2cc(C)nc(N3CCCCC3)n2)c(Br)c1. The first kappa shape index (κ1) is 18.6. The molecule has 0 saturated carbocycles. The molecule has 7 heteroatoms. The predicted octanol–water partition coefficient (Wildman–Crippen LogP) is 3.86. The number of carbonyl (C=O) groups excluding carboxylic acids is 1. The molecular weight excluding hydrogens is 396 g/mol. The van der Waals surface area contributed by atoms with Crippen LogP contribution in [0, 0.1) is 13.8 Å². The molecular formula is C19H23BrN4O2. The molecule has 1 saturated heterocycles. The minimum Gasteiger partial charge on any atom is -0.467 e. The number of ether oxygens (including phenoxy) is 1. The van der Waals surface area contributed by atoms with Crippen LogP contribution in [0.5, 0.6) is 5.88 Å². The van der Waals surface area contributed by atoms with E-state index in [9.17, 15) is 4.79 Å². The van der Waals surface area contributed by atoms with E-state index < -0.39 is 0 Å². The Balaban J connectivity index is 1.61. The molecule has 1 aliphatic heterocycles. The lowest BCUT2D eigenvalue weighted by molar-refractivity contribution is -0.118. The summed E-state index contributed by atoms with van der Waals surface area (Å²) in [7, 11) is 0. The van der Waals surface area contributed by atoms with Crippen molar-refractivity contribution < 1.29 is 9.53 Å². The molecule has 1 aromatic heterocycles. The van der Waals surface area contributed by atoms with E-state index in [-0.39, 0.29) is 12.5 Å². The molecule has 6 nitrogen and oxygen atoms in total. The normalized spacial score (nSPS) is 14.2. The zero-order valence-corrected chi connectivity index (χ0v) is 16.7. The number of rotatable bonds is 5. The molecule has 0 aliphatic carbocycles. The van der Waals surface area contributed by atoms with Crippen LogP contribution in [0.4, 0.5) is 11.6 Å². The molecule has 0 unspecified atom stereocenters. The summed E-state index contributed by atoms with van der Waals surface area (Å²) in [6, 6.07) is 7.51. The Bertz CT molecular complexity index is 791. The molecule has 2 aromatic rings. The van der Waals surface area contributed by atoms with Crippen LogP contribution in [0.25, 0.3) is 0 Å². The zero-order valence-electron chi connectivity index (χ0n) is 15.1. The van der Waals surface area contributed by atoms with Crippen molar-refractivity contribution in [3.05, 3.63) is 40.0 Å². The first-order valence-corrected chi connectivity index (χ1v) is 9.60. The molecule has 26 heavy (non-hydrogen) atoms. The zero-order chi connectivity index (χ0) is 18.5. The van der Waals surface area contributed by atoms with Gasteiger partial charge in [-0.25, -0.2) is 4.98 Å². The highest BCUT2D eigenvalue weighted by atomic mass is 79.9. The van der Waals surface area contributed by atoms with Gasteiger partial charge in [0.25, 0.3) is 5.91 Å². The summed E-state index contributed by atoms with van der Waals surface area (Å²) in [6.45, 7) is 5.73. The maximum absolute atomic E-state index is 12.2. The fourth-order valence-corrected chi connectivity index (χ4v) is 3.47. The summed E-state index contributed by atoms with van der Waals surface area (Å²) < 4.78 is 6.45. The van der Waals surface area contributed by atoms with Gasteiger partial charge < -0.3 is 15.0 Å². The molecule has 0 bridgehead atoms. The molecule has 0 atom stereocenters. The standard InChI is InChI=1S/C19H23BrN4O2/c1-13-6-7-16(15(20)10-13)22-17(25)12-26-18-11-14(2)21-19(23-18)24-8-4-3-5-9-24/h6-7,10-11H,3-5,8-9,12H2,1-2H3,(H,22,25).